The van der Waals surface area contributed by atoms with Gasteiger partial charge in [0.25, 0.3) is 0 Å². The standard InChI is InChI=1S/C23H28N2O3/c1-15-5-4-6-19(13-15)24-22(26)17-8-10-18(11-9-17)23(27)25-20-14-16(2)7-12-21(20)28-3/h4-7,12-14,17-18H,8-11H2,1-3H3,(H,24,26)(H,25,27). The molecule has 0 aliphatic heterocycles. The number of amides is 2. The second kappa shape index (κ2) is 8.91. The van der Waals surface area contributed by atoms with Crippen LogP contribution in [0.2, 0.25) is 0 Å². The van der Waals surface area contributed by atoms with Gasteiger partial charge in [0.05, 0.1) is 12.8 Å². The van der Waals surface area contributed by atoms with Gasteiger partial charge in [0.2, 0.25) is 11.8 Å². The third kappa shape index (κ3) is 4.91. The number of carbonyl (C=O) groups excluding carboxylic acids is 2. The first-order chi connectivity index (χ1) is 13.5. The second-order valence-electron chi connectivity index (χ2n) is 7.60. The number of hydrogen-bond donors (Lipinski definition) is 2. The quantitative estimate of drug-likeness (QED) is 0.790. The molecule has 0 aromatic heterocycles. The first-order valence-electron chi connectivity index (χ1n) is 9.79. The number of rotatable bonds is 5. The molecular formula is C23H28N2O3. The van der Waals surface area contributed by atoms with Crippen molar-refractivity contribution in [2.24, 2.45) is 11.8 Å². The van der Waals surface area contributed by atoms with Crippen LogP contribution in [-0.4, -0.2) is 18.9 Å². The van der Waals surface area contributed by atoms with E-state index >= 15 is 0 Å². The van der Waals surface area contributed by atoms with Crippen molar-refractivity contribution in [2.75, 3.05) is 17.7 Å². The minimum Gasteiger partial charge on any atom is -0.495 e. The molecule has 2 aromatic carbocycles. The van der Waals surface area contributed by atoms with E-state index in [9.17, 15) is 9.59 Å². The Labute approximate surface area is 166 Å². The number of methoxy groups -OCH3 is 1. The van der Waals surface area contributed by atoms with Crippen molar-refractivity contribution in [1.82, 2.24) is 0 Å². The molecule has 2 amide bonds. The molecule has 0 radical (unpaired) electrons. The van der Waals surface area contributed by atoms with E-state index in [0.717, 1.165) is 29.7 Å². The van der Waals surface area contributed by atoms with Crippen molar-refractivity contribution in [1.29, 1.82) is 0 Å². The average Bonchev–Trinajstić information content (AvgIpc) is 2.68. The minimum absolute atomic E-state index is 0.00134. The summed E-state index contributed by atoms with van der Waals surface area (Å²) < 4.78 is 5.33. The highest BCUT2D eigenvalue weighted by Gasteiger charge is 2.30. The summed E-state index contributed by atoms with van der Waals surface area (Å²) in [5.41, 5.74) is 3.71. The van der Waals surface area contributed by atoms with Gasteiger partial charge >= 0.3 is 0 Å². The number of carbonyl (C=O) groups is 2. The van der Waals surface area contributed by atoms with Crippen LogP contribution in [-0.2, 0) is 9.59 Å². The monoisotopic (exact) mass is 380 g/mol. The summed E-state index contributed by atoms with van der Waals surface area (Å²) in [6.07, 6.45) is 2.87. The van der Waals surface area contributed by atoms with Crippen molar-refractivity contribution >= 4 is 23.2 Å². The Bertz CT molecular complexity index is 855. The van der Waals surface area contributed by atoms with E-state index in [1.807, 2.05) is 56.3 Å². The molecule has 5 nitrogen and oxygen atoms in total. The summed E-state index contributed by atoms with van der Waals surface area (Å²) in [6, 6.07) is 13.5. The van der Waals surface area contributed by atoms with E-state index in [2.05, 4.69) is 10.6 Å². The first-order valence-corrected chi connectivity index (χ1v) is 9.79. The second-order valence-corrected chi connectivity index (χ2v) is 7.60. The minimum atomic E-state index is -0.0757. The molecule has 0 saturated heterocycles. The molecule has 0 spiro atoms. The molecule has 0 atom stereocenters. The number of hydrogen-bond acceptors (Lipinski definition) is 3. The zero-order chi connectivity index (χ0) is 20.1. The smallest absolute Gasteiger partial charge is 0.227 e. The zero-order valence-corrected chi connectivity index (χ0v) is 16.7. The van der Waals surface area contributed by atoms with Crippen molar-refractivity contribution in [3.8, 4) is 5.75 Å². The number of nitrogens with one attached hydrogen (secondary N) is 2. The fourth-order valence-electron chi connectivity index (χ4n) is 3.74. The summed E-state index contributed by atoms with van der Waals surface area (Å²) in [7, 11) is 1.60. The molecule has 2 aromatic rings. The highest BCUT2D eigenvalue weighted by molar-refractivity contribution is 5.95. The molecule has 1 aliphatic rings. The van der Waals surface area contributed by atoms with E-state index in [1.165, 1.54) is 0 Å². The van der Waals surface area contributed by atoms with Crippen LogP contribution in [0.4, 0.5) is 11.4 Å². The van der Waals surface area contributed by atoms with E-state index in [4.69, 9.17) is 4.74 Å². The van der Waals surface area contributed by atoms with Crippen LogP contribution in [0.15, 0.2) is 42.5 Å². The largest absolute Gasteiger partial charge is 0.495 e. The molecule has 2 N–H and O–H groups in total. The Morgan fingerprint density at radius 2 is 1.46 bits per heavy atom. The third-order valence-corrected chi connectivity index (χ3v) is 5.37. The van der Waals surface area contributed by atoms with E-state index < -0.39 is 0 Å². The van der Waals surface area contributed by atoms with Gasteiger partial charge in [-0.1, -0.05) is 18.2 Å². The maximum atomic E-state index is 12.7. The fraction of sp³-hybridized carbons (Fsp3) is 0.391. The van der Waals surface area contributed by atoms with Crippen LogP contribution < -0.4 is 15.4 Å². The van der Waals surface area contributed by atoms with Gasteiger partial charge in [-0.25, -0.2) is 0 Å². The average molecular weight is 380 g/mol. The van der Waals surface area contributed by atoms with E-state index in [-0.39, 0.29) is 23.7 Å². The Balaban J connectivity index is 1.54. The highest BCUT2D eigenvalue weighted by Crippen LogP contribution is 2.32. The lowest BCUT2D eigenvalue weighted by Crippen LogP contribution is -2.32. The molecule has 1 aliphatic carbocycles. The predicted molar refractivity (Wildman–Crippen MR) is 112 cm³/mol. The van der Waals surface area contributed by atoms with Crippen molar-refractivity contribution in [3.63, 3.8) is 0 Å². The number of benzene rings is 2. The lowest BCUT2D eigenvalue weighted by atomic mass is 9.81. The summed E-state index contributed by atoms with van der Waals surface area (Å²) >= 11 is 0. The normalized spacial score (nSPS) is 19.0. The summed E-state index contributed by atoms with van der Waals surface area (Å²) in [5.74, 6) is 0.586. The number of anilines is 2. The molecule has 1 fully saturated rings. The van der Waals surface area contributed by atoms with Gasteiger partial charge in [-0.3, -0.25) is 9.59 Å². The Morgan fingerprint density at radius 3 is 2.07 bits per heavy atom. The maximum absolute atomic E-state index is 12.7. The van der Waals surface area contributed by atoms with Crippen LogP contribution in [0.1, 0.15) is 36.8 Å². The molecule has 148 valence electrons. The molecule has 0 unspecified atom stereocenters. The topological polar surface area (TPSA) is 67.4 Å². The summed E-state index contributed by atoms with van der Waals surface area (Å²) in [6.45, 7) is 3.98. The van der Waals surface area contributed by atoms with Crippen molar-refractivity contribution < 1.29 is 14.3 Å². The van der Waals surface area contributed by atoms with Gasteiger partial charge in [-0.15, -0.1) is 0 Å². The lowest BCUT2D eigenvalue weighted by Gasteiger charge is -2.27. The Hall–Kier alpha value is -2.82. The van der Waals surface area contributed by atoms with Crippen molar-refractivity contribution in [2.45, 2.75) is 39.5 Å². The molecule has 3 rings (SSSR count). The van der Waals surface area contributed by atoms with Gasteiger partial charge in [0.15, 0.2) is 0 Å². The number of ether oxygens (including phenoxy) is 1. The van der Waals surface area contributed by atoms with Crippen LogP contribution in [0.5, 0.6) is 5.75 Å². The molecule has 0 heterocycles. The lowest BCUT2D eigenvalue weighted by molar-refractivity contribution is -0.125. The van der Waals surface area contributed by atoms with Gasteiger partial charge in [0, 0.05) is 17.5 Å². The molecule has 28 heavy (non-hydrogen) atoms. The van der Waals surface area contributed by atoms with Crippen molar-refractivity contribution in [3.05, 3.63) is 53.6 Å². The third-order valence-electron chi connectivity index (χ3n) is 5.37. The molecular weight excluding hydrogens is 352 g/mol. The zero-order valence-electron chi connectivity index (χ0n) is 16.7. The van der Waals surface area contributed by atoms with Gasteiger partial charge in [0.1, 0.15) is 5.75 Å². The molecule has 0 bridgehead atoms. The first kappa shape index (κ1) is 19.9. The SMILES string of the molecule is COc1ccc(C)cc1NC(=O)C1CCC(C(=O)Nc2cccc(C)c2)CC1. The van der Waals surface area contributed by atoms with Gasteiger partial charge in [-0.05, 0) is 74.9 Å². The fourth-order valence-corrected chi connectivity index (χ4v) is 3.74. The Kier molecular flexibility index (Phi) is 6.34. The van der Waals surface area contributed by atoms with Crippen LogP contribution in [0.25, 0.3) is 0 Å². The molecule has 1 saturated carbocycles. The van der Waals surface area contributed by atoms with Gasteiger partial charge < -0.3 is 15.4 Å². The molecule has 5 heteroatoms. The van der Waals surface area contributed by atoms with Crippen LogP contribution >= 0.6 is 0 Å². The Morgan fingerprint density at radius 1 is 0.857 bits per heavy atom. The maximum Gasteiger partial charge on any atom is 0.227 e. The van der Waals surface area contributed by atoms with E-state index in [0.29, 0.717) is 24.3 Å². The number of aryl methyl sites for hydroxylation is 2. The van der Waals surface area contributed by atoms with Gasteiger partial charge in [-0.2, -0.15) is 0 Å². The predicted octanol–water partition coefficient (Wildman–Crippen LogP) is 4.70. The van der Waals surface area contributed by atoms with E-state index in [1.54, 1.807) is 7.11 Å². The summed E-state index contributed by atoms with van der Waals surface area (Å²) in [4.78, 5) is 25.2. The highest BCUT2D eigenvalue weighted by atomic mass is 16.5. The van der Waals surface area contributed by atoms with Crippen LogP contribution in [0.3, 0.4) is 0 Å². The summed E-state index contributed by atoms with van der Waals surface area (Å²) in [5, 5.41) is 6.00. The van der Waals surface area contributed by atoms with Crippen LogP contribution in [0, 0.1) is 25.7 Å².